The van der Waals surface area contributed by atoms with Gasteiger partial charge in [0.05, 0.1) is 17.6 Å². The van der Waals surface area contributed by atoms with E-state index in [4.69, 9.17) is 0 Å². The molecule has 0 spiro atoms. The first-order valence-electron chi connectivity index (χ1n) is 3.51. The lowest BCUT2D eigenvalue weighted by molar-refractivity contribution is 0.455. The van der Waals surface area contributed by atoms with Crippen molar-refractivity contribution < 1.29 is 5.11 Å². The second-order valence-corrected chi connectivity index (χ2v) is 2.33. The van der Waals surface area contributed by atoms with Gasteiger partial charge in [0.1, 0.15) is 0 Å². The predicted molar refractivity (Wildman–Crippen MR) is 43.5 cm³/mol. The molecule has 60 valence electrons. The minimum Gasteiger partial charge on any atom is -0.493 e. The zero-order valence-corrected chi connectivity index (χ0v) is 6.23. The van der Waals surface area contributed by atoms with Crippen LogP contribution in [0, 0.1) is 0 Å². The molecule has 0 bridgehead atoms. The number of aromatic nitrogens is 3. The third kappa shape index (κ3) is 1.03. The van der Waals surface area contributed by atoms with Crippen LogP contribution in [0.5, 0.6) is 5.88 Å². The number of nitrogens with one attached hydrogen (secondary N) is 1. The Morgan fingerprint density at radius 1 is 1.33 bits per heavy atom. The lowest BCUT2D eigenvalue weighted by atomic mass is 10.2. The Morgan fingerprint density at radius 2 is 2.25 bits per heavy atom. The summed E-state index contributed by atoms with van der Waals surface area (Å²) in [4.78, 5) is 10.5. The molecule has 2 rings (SSSR count). The van der Waals surface area contributed by atoms with Crippen LogP contribution in [-0.4, -0.2) is 20.1 Å². The van der Waals surface area contributed by atoms with Gasteiger partial charge in [-0.1, -0.05) is 0 Å². The second-order valence-electron chi connectivity index (χ2n) is 2.33. The molecule has 0 aliphatic carbocycles. The van der Waals surface area contributed by atoms with E-state index in [1.807, 2.05) is 0 Å². The number of pyridine rings is 1. The summed E-state index contributed by atoms with van der Waals surface area (Å²) in [5.41, 5.74) is 1.33. The molecule has 0 aliphatic heterocycles. The molecule has 2 N–H and O–H groups in total. The third-order valence-electron chi connectivity index (χ3n) is 1.56. The van der Waals surface area contributed by atoms with Gasteiger partial charge < -0.3 is 10.1 Å². The van der Waals surface area contributed by atoms with E-state index < -0.39 is 0 Å². The normalized spacial score (nSPS) is 10.0. The van der Waals surface area contributed by atoms with Crippen LogP contribution in [0.1, 0.15) is 0 Å². The van der Waals surface area contributed by atoms with Crippen molar-refractivity contribution in [3.63, 3.8) is 0 Å². The lowest BCUT2D eigenvalue weighted by Gasteiger charge is -1.96. The summed E-state index contributed by atoms with van der Waals surface area (Å²) < 4.78 is 0. The van der Waals surface area contributed by atoms with Crippen molar-refractivity contribution in [2.24, 2.45) is 0 Å². The van der Waals surface area contributed by atoms with Crippen molar-refractivity contribution in [2.75, 3.05) is 0 Å². The number of nitrogens with zero attached hydrogens (tertiary/aromatic N) is 2. The molecule has 0 aromatic carbocycles. The third-order valence-corrected chi connectivity index (χ3v) is 1.56. The SMILES string of the molecule is Oc1ncccc1-c1c[nH]cn1. The molecule has 4 nitrogen and oxygen atoms in total. The Balaban J connectivity index is 2.55. The predicted octanol–water partition coefficient (Wildman–Crippen LogP) is 1.18. The van der Waals surface area contributed by atoms with Gasteiger partial charge in [-0.15, -0.1) is 0 Å². The van der Waals surface area contributed by atoms with Gasteiger partial charge in [-0.05, 0) is 12.1 Å². The number of rotatable bonds is 1. The summed E-state index contributed by atoms with van der Waals surface area (Å²) in [6.45, 7) is 0. The molecular weight excluding hydrogens is 154 g/mol. The van der Waals surface area contributed by atoms with Gasteiger partial charge in [0.15, 0.2) is 0 Å². The fraction of sp³-hybridized carbons (Fsp3) is 0. The number of aromatic amines is 1. The fourth-order valence-corrected chi connectivity index (χ4v) is 1.00. The molecule has 2 aromatic rings. The quantitative estimate of drug-likeness (QED) is 0.660. The molecule has 0 radical (unpaired) electrons. The number of H-pyrrole nitrogens is 1. The van der Waals surface area contributed by atoms with E-state index in [0.29, 0.717) is 11.3 Å². The van der Waals surface area contributed by atoms with Crippen LogP contribution in [-0.2, 0) is 0 Å². The van der Waals surface area contributed by atoms with Crippen molar-refractivity contribution in [1.29, 1.82) is 0 Å². The topological polar surface area (TPSA) is 61.8 Å². The van der Waals surface area contributed by atoms with Crippen LogP contribution in [0.25, 0.3) is 11.3 Å². The molecule has 0 fully saturated rings. The molecule has 0 unspecified atom stereocenters. The molecule has 4 heteroatoms. The fourth-order valence-electron chi connectivity index (χ4n) is 1.00. The maximum absolute atomic E-state index is 9.32. The largest absolute Gasteiger partial charge is 0.493 e. The summed E-state index contributed by atoms with van der Waals surface area (Å²) in [5, 5.41) is 9.32. The molecule has 0 saturated carbocycles. The summed E-state index contributed by atoms with van der Waals surface area (Å²) in [6, 6.07) is 3.52. The van der Waals surface area contributed by atoms with Gasteiger partial charge >= 0.3 is 0 Å². The average Bonchev–Trinajstić information content (AvgIpc) is 2.57. The molecule has 12 heavy (non-hydrogen) atoms. The molecular formula is C8H7N3O. The van der Waals surface area contributed by atoms with Crippen LogP contribution in [0.4, 0.5) is 0 Å². The minimum atomic E-state index is 0.00426. The van der Waals surface area contributed by atoms with E-state index in [0.717, 1.165) is 0 Å². The average molecular weight is 161 g/mol. The van der Waals surface area contributed by atoms with E-state index in [1.54, 1.807) is 24.7 Å². The Hall–Kier alpha value is -1.84. The highest BCUT2D eigenvalue weighted by atomic mass is 16.3. The molecule has 2 heterocycles. The van der Waals surface area contributed by atoms with Gasteiger partial charge in [0.2, 0.25) is 5.88 Å². The zero-order chi connectivity index (χ0) is 8.39. The summed E-state index contributed by atoms with van der Waals surface area (Å²) in [6.07, 6.45) is 4.80. The molecule has 0 amide bonds. The van der Waals surface area contributed by atoms with Crippen molar-refractivity contribution in [3.8, 4) is 17.1 Å². The van der Waals surface area contributed by atoms with Crippen LogP contribution >= 0.6 is 0 Å². The minimum absolute atomic E-state index is 0.00426. The van der Waals surface area contributed by atoms with Crippen molar-refractivity contribution in [1.82, 2.24) is 15.0 Å². The Labute approximate surface area is 68.9 Å². The Morgan fingerprint density at radius 3 is 2.92 bits per heavy atom. The van der Waals surface area contributed by atoms with E-state index in [9.17, 15) is 5.11 Å². The number of aromatic hydroxyl groups is 1. The highest BCUT2D eigenvalue weighted by Crippen LogP contribution is 2.23. The smallest absolute Gasteiger partial charge is 0.220 e. The summed E-state index contributed by atoms with van der Waals surface area (Å²) >= 11 is 0. The highest BCUT2D eigenvalue weighted by Gasteiger charge is 2.04. The van der Waals surface area contributed by atoms with Crippen molar-refractivity contribution in [3.05, 3.63) is 30.9 Å². The molecule has 0 atom stereocenters. The van der Waals surface area contributed by atoms with Gasteiger partial charge in [-0.3, -0.25) is 0 Å². The molecule has 0 saturated heterocycles. The number of hydrogen-bond donors (Lipinski definition) is 2. The molecule has 0 aliphatic rings. The number of hydrogen-bond acceptors (Lipinski definition) is 3. The maximum atomic E-state index is 9.32. The second kappa shape index (κ2) is 2.65. The van der Waals surface area contributed by atoms with Crippen molar-refractivity contribution in [2.45, 2.75) is 0 Å². The van der Waals surface area contributed by atoms with E-state index in [-0.39, 0.29) is 5.88 Å². The van der Waals surface area contributed by atoms with E-state index in [1.165, 1.54) is 6.20 Å². The molecule has 2 aromatic heterocycles. The van der Waals surface area contributed by atoms with Gasteiger partial charge in [-0.25, -0.2) is 9.97 Å². The van der Waals surface area contributed by atoms with E-state index >= 15 is 0 Å². The highest BCUT2D eigenvalue weighted by molar-refractivity contribution is 5.63. The zero-order valence-electron chi connectivity index (χ0n) is 6.23. The first-order valence-corrected chi connectivity index (χ1v) is 3.51. The van der Waals surface area contributed by atoms with E-state index in [2.05, 4.69) is 15.0 Å². The van der Waals surface area contributed by atoms with Crippen LogP contribution < -0.4 is 0 Å². The van der Waals surface area contributed by atoms with Crippen molar-refractivity contribution >= 4 is 0 Å². The monoisotopic (exact) mass is 161 g/mol. The van der Waals surface area contributed by atoms with Gasteiger partial charge in [-0.2, -0.15) is 0 Å². The first kappa shape index (κ1) is 6.84. The first-order chi connectivity index (χ1) is 5.88. The summed E-state index contributed by atoms with van der Waals surface area (Å²) in [7, 11) is 0. The lowest BCUT2D eigenvalue weighted by Crippen LogP contribution is -1.80. The van der Waals surface area contributed by atoms with Gasteiger partial charge in [0.25, 0.3) is 0 Å². The van der Waals surface area contributed by atoms with Crippen LogP contribution in [0.15, 0.2) is 30.9 Å². The standard InChI is InChI=1S/C8H7N3O/c12-8-6(2-1-3-10-8)7-4-9-5-11-7/h1-5H,(H,9,11)(H,10,12). The maximum Gasteiger partial charge on any atom is 0.220 e. The Bertz CT molecular complexity index is 370. The van der Waals surface area contributed by atoms with Crippen LogP contribution in [0.2, 0.25) is 0 Å². The number of imidazole rings is 1. The Kier molecular flexibility index (Phi) is 1.51. The van der Waals surface area contributed by atoms with Crippen LogP contribution in [0.3, 0.4) is 0 Å². The van der Waals surface area contributed by atoms with Gasteiger partial charge in [0, 0.05) is 12.4 Å². The summed E-state index contributed by atoms with van der Waals surface area (Å²) in [5.74, 6) is 0.00426.